The molecular weight excluding hydrogens is 468 g/mol. The van der Waals surface area contributed by atoms with Gasteiger partial charge in [0.1, 0.15) is 31.0 Å². The Labute approximate surface area is 219 Å². The largest absolute Gasteiger partial charge is 0.382 e. The average Bonchev–Trinajstić information content (AvgIpc) is 2.95. The third-order valence-electron chi connectivity index (χ3n) is 6.11. The minimum atomic E-state index is -0.753. The lowest BCUT2D eigenvalue weighted by atomic mass is 9.97. The first-order chi connectivity index (χ1) is 18.3. The van der Waals surface area contributed by atoms with Gasteiger partial charge in [0.2, 0.25) is 0 Å². The van der Waals surface area contributed by atoms with Crippen molar-refractivity contribution >= 4 is 0 Å². The standard InChI is InChI=1S/C31H34O6/c1-3-19-33-31-30(36-22-26-17-11-6-12-18-26)29(35-21-25-15-9-5-10-16-25)28(27(37-31)23-32-2)34-20-24-13-7-4-8-14-24/h1,4-18,27-31H,19-23H2,2H3/t27-,28-,29+,30-,31?/m1/s1. The fraction of sp³-hybridized carbons (Fsp3) is 0.355. The molecule has 0 spiro atoms. The molecule has 194 valence electrons. The third kappa shape index (κ3) is 7.98. The number of ether oxygens (including phenoxy) is 6. The van der Waals surface area contributed by atoms with E-state index in [-0.39, 0.29) is 6.61 Å². The molecule has 0 aromatic heterocycles. The number of benzene rings is 3. The molecule has 1 fully saturated rings. The summed E-state index contributed by atoms with van der Waals surface area (Å²) in [6.07, 6.45) is 2.73. The first kappa shape index (κ1) is 27.0. The predicted molar refractivity (Wildman–Crippen MR) is 140 cm³/mol. The zero-order chi connectivity index (χ0) is 25.7. The van der Waals surface area contributed by atoms with Crippen LogP contribution in [-0.2, 0) is 48.2 Å². The van der Waals surface area contributed by atoms with Gasteiger partial charge in [-0.25, -0.2) is 0 Å². The highest BCUT2D eigenvalue weighted by molar-refractivity contribution is 5.15. The van der Waals surface area contributed by atoms with Crippen LogP contribution in [0.25, 0.3) is 0 Å². The van der Waals surface area contributed by atoms with Crippen LogP contribution in [0.3, 0.4) is 0 Å². The van der Waals surface area contributed by atoms with Crippen molar-refractivity contribution < 1.29 is 28.4 Å². The molecule has 3 aromatic carbocycles. The molecule has 1 saturated heterocycles. The summed E-state index contributed by atoms with van der Waals surface area (Å²) in [5.74, 6) is 2.53. The highest BCUT2D eigenvalue weighted by atomic mass is 16.7. The number of hydrogen-bond donors (Lipinski definition) is 0. The summed E-state index contributed by atoms with van der Waals surface area (Å²) in [6, 6.07) is 30.0. The van der Waals surface area contributed by atoms with Crippen LogP contribution in [-0.4, -0.2) is 51.0 Å². The maximum absolute atomic E-state index is 6.54. The Bertz CT molecular complexity index is 1070. The van der Waals surface area contributed by atoms with Crippen molar-refractivity contribution in [3.8, 4) is 12.3 Å². The van der Waals surface area contributed by atoms with E-state index in [4.69, 9.17) is 34.8 Å². The minimum absolute atomic E-state index is 0.0799. The summed E-state index contributed by atoms with van der Waals surface area (Å²) < 4.78 is 37.2. The first-order valence-electron chi connectivity index (χ1n) is 12.4. The fourth-order valence-electron chi connectivity index (χ4n) is 4.31. The number of methoxy groups -OCH3 is 1. The van der Waals surface area contributed by atoms with Crippen molar-refractivity contribution in [2.24, 2.45) is 0 Å². The van der Waals surface area contributed by atoms with E-state index in [2.05, 4.69) is 5.92 Å². The first-order valence-corrected chi connectivity index (χ1v) is 12.4. The second kappa shape index (κ2) is 14.7. The Morgan fingerprint density at radius 1 is 0.649 bits per heavy atom. The SMILES string of the molecule is C#CCOC1O[C@H](COC)[C@@H](OCc2ccccc2)[C@H](OCc2ccccc2)[C@H]1OCc1ccccc1. The Balaban J connectivity index is 1.61. The maximum Gasteiger partial charge on any atom is 0.188 e. The highest BCUT2D eigenvalue weighted by Crippen LogP contribution is 2.31. The molecule has 1 aliphatic heterocycles. The summed E-state index contributed by atoms with van der Waals surface area (Å²) in [6.45, 7) is 1.50. The van der Waals surface area contributed by atoms with Crippen LogP contribution in [0, 0.1) is 12.3 Å². The summed E-state index contributed by atoms with van der Waals surface area (Å²) in [5, 5.41) is 0. The molecule has 0 radical (unpaired) electrons. The highest BCUT2D eigenvalue weighted by Gasteiger charge is 2.49. The summed E-state index contributed by atoms with van der Waals surface area (Å²) >= 11 is 0. The summed E-state index contributed by atoms with van der Waals surface area (Å²) in [5.41, 5.74) is 3.12. The normalized spacial score (nSPS) is 23.4. The maximum atomic E-state index is 6.54. The molecule has 1 unspecified atom stereocenters. The molecule has 4 rings (SSSR count). The summed E-state index contributed by atoms with van der Waals surface area (Å²) in [4.78, 5) is 0. The second-order valence-electron chi connectivity index (χ2n) is 8.80. The van der Waals surface area contributed by atoms with Crippen LogP contribution < -0.4 is 0 Å². The zero-order valence-corrected chi connectivity index (χ0v) is 21.1. The number of hydrogen-bond acceptors (Lipinski definition) is 6. The average molecular weight is 503 g/mol. The van der Waals surface area contributed by atoms with Gasteiger partial charge < -0.3 is 28.4 Å². The lowest BCUT2D eigenvalue weighted by Crippen LogP contribution is -2.61. The van der Waals surface area contributed by atoms with Crippen LogP contribution in [0.15, 0.2) is 91.0 Å². The van der Waals surface area contributed by atoms with Gasteiger partial charge in [0.25, 0.3) is 0 Å². The van der Waals surface area contributed by atoms with Crippen molar-refractivity contribution in [2.75, 3.05) is 20.3 Å². The second-order valence-corrected chi connectivity index (χ2v) is 8.80. The molecule has 37 heavy (non-hydrogen) atoms. The van der Waals surface area contributed by atoms with E-state index in [9.17, 15) is 0 Å². The van der Waals surface area contributed by atoms with E-state index < -0.39 is 30.7 Å². The molecule has 0 saturated carbocycles. The van der Waals surface area contributed by atoms with Crippen molar-refractivity contribution in [1.29, 1.82) is 0 Å². The molecule has 6 heteroatoms. The monoisotopic (exact) mass is 502 g/mol. The molecule has 1 aliphatic rings. The molecule has 5 atom stereocenters. The Hall–Kier alpha value is -3.02. The molecule has 6 nitrogen and oxygen atoms in total. The van der Waals surface area contributed by atoms with Crippen LogP contribution in [0.4, 0.5) is 0 Å². The van der Waals surface area contributed by atoms with Crippen molar-refractivity contribution in [2.45, 2.75) is 50.5 Å². The van der Waals surface area contributed by atoms with Crippen LogP contribution in [0.2, 0.25) is 0 Å². The molecule has 3 aromatic rings. The van der Waals surface area contributed by atoms with Gasteiger partial charge in [-0.2, -0.15) is 0 Å². The third-order valence-corrected chi connectivity index (χ3v) is 6.11. The Morgan fingerprint density at radius 3 is 1.57 bits per heavy atom. The van der Waals surface area contributed by atoms with E-state index in [1.807, 2.05) is 91.0 Å². The van der Waals surface area contributed by atoms with Gasteiger partial charge in [-0.15, -0.1) is 6.42 Å². The predicted octanol–water partition coefficient (Wildman–Crippen LogP) is 4.76. The number of rotatable bonds is 13. The lowest BCUT2D eigenvalue weighted by Gasteiger charge is -2.45. The molecule has 0 bridgehead atoms. The molecule has 0 N–H and O–H groups in total. The zero-order valence-electron chi connectivity index (χ0n) is 21.1. The van der Waals surface area contributed by atoms with E-state index in [0.29, 0.717) is 26.4 Å². The van der Waals surface area contributed by atoms with Crippen molar-refractivity contribution in [3.05, 3.63) is 108 Å². The van der Waals surface area contributed by atoms with E-state index in [1.165, 1.54) is 0 Å². The van der Waals surface area contributed by atoms with Gasteiger partial charge >= 0.3 is 0 Å². The van der Waals surface area contributed by atoms with E-state index in [0.717, 1.165) is 16.7 Å². The molecular formula is C31H34O6. The van der Waals surface area contributed by atoms with Gasteiger partial charge in [0, 0.05) is 7.11 Å². The fourth-order valence-corrected chi connectivity index (χ4v) is 4.31. The van der Waals surface area contributed by atoms with Crippen molar-refractivity contribution in [3.63, 3.8) is 0 Å². The minimum Gasteiger partial charge on any atom is -0.382 e. The molecule has 1 heterocycles. The van der Waals surface area contributed by atoms with Gasteiger partial charge in [0.15, 0.2) is 6.29 Å². The topological polar surface area (TPSA) is 55.4 Å². The quantitative estimate of drug-likeness (QED) is 0.314. The van der Waals surface area contributed by atoms with Gasteiger partial charge in [-0.05, 0) is 16.7 Å². The number of terminal acetylenes is 1. The van der Waals surface area contributed by atoms with Crippen molar-refractivity contribution in [1.82, 2.24) is 0 Å². The van der Waals surface area contributed by atoms with Crippen LogP contribution in [0.1, 0.15) is 16.7 Å². The van der Waals surface area contributed by atoms with Gasteiger partial charge in [0.05, 0.1) is 26.4 Å². The smallest absolute Gasteiger partial charge is 0.188 e. The van der Waals surface area contributed by atoms with E-state index >= 15 is 0 Å². The van der Waals surface area contributed by atoms with Gasteiger partial charge in [-0.3, -0.25) is 0 Å². The molecule has 0 amide bonds. The van der Waals surface area contributed by atoms with Gasteiger partial charge in [-0.1, -0.05) is 96.9 Å². The Morgan fingerprint density at radius 2 is 1.11 bits per heavy atom. The summed E-state index contributed by atoms with van der Waals surface area (Å²) in [7, 11) is 1.63. The lowest BCUT2D eigenvalue weighted by molar-refractivity contribution is -0.325. The Kier molecular flexibility index (Phi) is 10.7. The van der Waals surface area contributed by atoms with E-state index in [1.54, 1.807) is 7.11 Å². The van der Waals surface area contributed by atoms with Crippen LogP contribution in [0.5, 0.6) is 0 Å². The van der Waals surface area contributed by atoms with Crippen LogP contribution >= 0.6 is 0 Å². The molecule has 0 aliphatic carbocycles.